The Hall–Kier alpha value is -2.22. The number of hydrogen-bond acceptors (Lipinski definition) is 3. The smallest absolute Gasteiger partial charge is 0.416 e. The van der Waals surface area contributed by atoms with E-state index in [9.17, 15) is 21.6 Å². The molecular formula is C15H14F3NO3S. The van der Waals surface area contributed by atoms with Crippen LogP contribution in [0.3, 0.4) is 0 Å². The Morgan fingerprint density at radius 1 is 1.09 bits per heavy atom. The summed E-state index contributed by atoms with van der Waals surface area (Å²) in [5, 5.41) is 0. The number of ether oxygens (including phenoxy) is 1. The van der Waals surface area contributed by atoms with Crippen molar-refractivity contribution in [2.45, 2.75) is 18.0 Å². The standard InChI is InChI=1S/C15H14F3NO3S/c1-10-8-13(6-7-14(10)22-2)23(20,21)19-12-5-3-4-11(9-12)15(16,17)18/h3-9,19H,1-2H3. The van der Waals surface area contributed by atoms with Gasteiger partial charge >= 0.3 is 6.18 Å². The van der Waals surface area contributed by atoms with Crippen molar-refractivity contribution in [3.8, 4) is 5.75 Å². The Balaban J connectivity index is 2.33. The minimum atomic E-state index is -4.54. The molecule has 0 spiro atoms. The maximum absolute atomic E-state index is 12.7. The second kappa shape index (κ2) is 6.11. The zero-order chi connectivity index (χ0) is 17.3. The number of sulfonamides is 1. The summed E-state index contributed by atoms with van der Waals surface area (Å²) in [6.07, 6.45) is -4.54. The lowest BCUT2D eigenvalue weighted by Gasteiger charge is -2.12. The molecule has 0 saturated carbocycles. The Labute approximate surface area is 132 Å². The molecule has 124 valence electrons. The van der Waals surface area contributed by atoms with Crippen LogP contribution in [0.25, 0.3) is 0 Å². The number of methoxy groups -OCH3 is 1. The van der Waals surface area contributed by atoms with Crippen LogP contribution in [0.1, 0.15) is 11.1 Å². The summed E-state index contributed by atoms with van der Waals surface area (Å²) in [6, 6.07) is 8.19. The Morgan fingerprint density at radius 3 is 2.35 bits per heavy atom. The van der Waals surface area contributed by atoms with Crippen LogP contribution in [-0.2, 0) is 16.2 Å². The fourth-order valence-corrected chi connectivity index (χ4v) is 3.13. The van der Waals surface area contributed by atoms with Crippen LogP contribution in [0.5, 0.6) is 5.75 Å². The predicted octanol–water partition coefficient (Wildman–Crippen LogP) is 3.82. The van der Waals surface area contributed by atoms with Gasteiger partial charge in [-0.25, -0.2) is 8.42 Å². The molecule has 0 radical (unpaired) electrons. The van der Waals surface area contributed by atoms with Crippen LogP contribution in [0.4, 0.5) is 18.9 Å². The zero-order valence-electron chi connectivity index (χ0n) is 12.3. The molecule has 0 heterocycles. The summed E-state index contributed by atoms with van der Waals surface area (Å²) in [5.74, 6) is 0.517. The molecule has 8 heteroatoms. The number of rotatable bonds is 4. The molecule has 0 aromatic heterocycles. The van der Waals surface area contributed by atoms with Gasteiger partial charge in [-0.1, -0.05) is 6.07 Å². The van der Waals surface area contributed by atoms with Gasteiger partial charge in [-0.15, -0.1) is 0 Å². The fraction of sp³-hybridized carbons (Fsp3) is 0.200. The second-order valence-corrected chi connectivity index (χ2v) is 6.50. The molecule has 0 aliphatic heterocycles. The molecule has 2 rings (SSSR count). The van der Waals surface area contributed by atoms with Gasteiger partial charge < -0.3 is 4.74 Å². The lowest BCUT2D eigenvalue weighted by atomic mass is 10.2. The summed E-state index contributed by atoms with van der Waals surface area (Å²) in [5.41, 5.74) is -0.490. The Kier molecular flexibility index (Phi) is 4.56. The third-order valence-corrected chi connectivity index (χ3v) is 4.50. The van der Waals surface area contributed by atoms with E-state index >= 15 is 0 Å². The van der Waals surface area contributed by atoms with Gasteiger partial charge in [-0.05, 0) is 48.9 Å². The van der Waals surface area contributed by atoms with E-state index in [1.54, 1.807) is 6.92 Å². The minimum absolute atomic E-state index is 0.0618. The SMILES string of the molecule is COc1ccc(S(=O)(=O)Nc2cccc(C(F)(F)F)c2)cc1C. The molecule has 0 saturated heterocycles. The number of nitrogens with one attached hydrogen (secondary N) is 1. The van der Waals surface area contributed by atoms with Crippen LogP contribution in [0.15, 0.2) is 47.4 Å². The maximum Gasteiger partial charge on any atom is 0.416 e. The van der Waals surface area contributed by atoms with Gasteiger partial charge in [0.05, 0.1) is 17.6 Å². The minimum Gasteiger partial charge on any atom is -0.496 e. The highest BCUT2D eigenvalue weighted by atomic mass is 32.2. The summed E-state index contributed by atoms with van der Waals surface area (Å²) >= 11 is 0. The first-order valence-electron chi connectivity index (χ1n) is 6.48. The van der Waals surface area contributed by atoms with Crippen molar-refractivity contribution in [1.29, 1.82) is 0 Å². The van der Waals surface area contributed by atoms with Gasteiger partial charge in [-0.2, -0.15) is 13.2 Å². The van der Waals surface area contributed by atoms with Gasteiger partial charge in [0, 0.05) is 5.69 Å². The average Bonchev–Trinajstić information content (AvgIpc) is 2.46. The lowest BCUT2D eigenvalue weighted by molar-refractivity contribution is -0.137. The molecule has 0 bridgehead atoms. The second-order valence-electron chi connectivity index (χ2n) is 4.82. The molecule has 0 amide bonds. The third-order valence-electron chi connectivity index (χ3n) is 3.12. The molecule has 0 atom stereocenters. The third kappa shape index (κ3) is 3.95. The number of benzene rings is 2. The molecule has 0 fully saturated rings. The van der Waals surface area contributed by atoms with Crippen LogP contribution >= 0.6 is 0 Å². The molecule has 4 nitrogen and oxygen atoms in total. The number of anilines is 1. The van der Waals surface area contributed by atoms with Crippen LogP contribution in [0, 0.1) is 6.92 Å². The van der Waals surface area contributed by atoms with Gasteiger partial charge in [-0.3, -0.25) is 4.72 Å². The molecule has 1 N–H and O–H groups in total. The number of aryl methyl sites for hydroxylation is 1. The van der Waals surface area contributed by atoms with E-state index in [1.165, 1.54) is 31.4 Å². The van der Waals surface area contributed by atoms with E-state index in [-0.39, 0.29) is 10.6 Å². The van der Waals surface area contributed by atoms with Crippen LogP contribution < -0.4 is 9.46 Å². The monoisotopic (exact) mass is 345 g/mol. The highest BCUT2D eigenvalue weighted by Gasteiger charge is 2.30. The highest BCUT2D eigenvalue weighted by Crippen LogP contribution is 2.31. The largest absolute Gasteiger partial charge is 0.496 e. The molecule has 23 heavy (non-hydrogen) atoms. The van der Waals surface area contributed by atoms with Gasteiger partial charge in [0.25, 0.3) is 10.0 Å². The van der Waals surface area contributed by atoms with E-state index in [0.29, 0.717) is 11.3 Å². The normalized spacial score (nSPS) is 12.0. The number of halogens is 3. The Morgan fingerprint density at radius 2 is 1.78 bits per heavy atom. The van der Waals surface area contributed by atoms with Gasteiger partial charge in [0.1, 0.15) is 5.75 Å². The summed E-state index contributed by atoms with van der Waals surface area (Å²) in [6.45, 7) is 1.67. The van der Waals surface area contributed by atoms with E-state index in [4.69, 9.17) is 4.74 Å². The average molecular weight is 345 g/mol. The maximum atomic E-state index is 12.7. The van der Waals surface area contributed by atoms with Crippen LogP contribution in [0.2, 0.25) is 0 Å². The molecule has 2 aromatic carbocycles. The summed E-state index contributed by atoms with van der Waals surface area (Å²) in [7, 11) is -2.54. The van der Waals surface area contributed by atoms with E-state index in [2.05, 4.69) is 4.72 Å². The van der Waals surface area contributed by atoms with Crippen molar-refractivity contribution in [3.05, 3.63) is 53.6 Å². The van der Waals surface area contributed by atoms with Crippen LogP contribution in [-0.4, -0.2) is 15.5 Å². The summed E-state index contributed by atoms with van der Waals surface area (Å²) in [4.78, 5) is -0.0618. The van der Waals surface area contributed by atoms with Crippen molar-refractivity contribution in [2.24, 2.45) is 0 Å². The van der Waals surface area contributed by atoms with Crippen molar-refractivity contribution >= 4 is 15.7 Å². The lowest BCUT2D eigenvalue weighted by Crippen LogP contribution is -2.14. The fourth-order valence-electron chi connectivity index (χ4n) is 1.99. The molecule has 0 aliphatic rings. The van der Waals surface area contributed by atoms with Gasteiger partial charge in [0.2, 0.25) is 0 Å². The number of alkyl halides is 3. The molecule has 0 unspecified atom stereocenters. The van der Waals surface area contributed by atoms with Crippen molar-refractivity contribution < 1.29 is 26.3 Å². The van der Waals surface area contributed by atoms with E-state index in [0.717, 1.165) is 18.2 Å². The molecule has 0 aliphatic carbocycles. The molecule has 2 aromatic rings. The summed E-state index contributed by atoms with van der Waals surface area (Å²) < 4.78 is 69.8. The van der Waals surface area contributed by atoms with E-state index in [1.807, 2.05) is 0 Å². The van der Waals surface area contributed by atoms with Crippen molar-refractivity contribution in [1.82, 2.24) is 0 Å². The van der Waals surface area contributed by atoms with Crippen molar-refractivity contribution in [2.75, 3.05) is 11.8 Å². The first-order valence-corrected chi connectivity index (χ1v) is 7.96. The predicted molar refractivity (Wildman–Crippen MR) is 80.0 cm³/mol. The first-order chi connectivity index (χ1) is 10.6. The zero-order valence-corrected chi connectivity index (χ0v) is 13.1. The van der Waals surface area contributed by atoms with Crippen molar-refractivity contribution in [3.63, 3.8) is 0 Å². The van der Waals surface area contributed by atoms with E-state index < -0.39 is 21.8 Å². The number of hydrogen-bond donors (Lipinski definition) is 1. The topological polar surface area (TPSA) is 55.4 Å². The van der Waals surface area contributed by atoms with Gasteiger partial charge in [0.15, 0.2) is 0 Å². The molecular weight excluding hydrogens is 331 g/mol. The Bertz CT molecular complexity index is 817. The quantitative estimate of drug-likeness (QED) is 0.916. The first kappa shape index (κ1) is 17.1. The highest BCUT2D eigenvalue weighted by molar-refractivity contribution is 7.92.